The van der Waals surface area contributed by atoms with Gasteiger partial charge in [0, 0.05) is 17.7 Å². The molecule has 1 amide bonds. The minimum absolute atomic E-state index is 0.107. The Morgan fingerprint density at radius 1 is 1.44 bits per heavy atom. The number of rotatable bonds is 6. The lowest BCUT2D eigenvalue weighted by molar-refractivity contribution is -0.385. The maximum Gasteiger partial charge on any atom is 0.271 e. The third-order valence-electron chi connectivity index (χ3n) is 3.28. The van der Waals surface area contributed by atoms with Gasteiger partial charge in [0.1, 0.15) is 5.75 Å². The van der Waals surface area contributed by atoms with E-state index in [0.29, 0.717) is 0 Å². The van der Waals surface area contributed by atoms with Crippen LogP contribution in [0.2, 0.25) is 0 Å². The Balaban J connectivity index is 1.59. The normalized spacial score (nSPS) is 11.1. The number of fused-ring (bicyclic) bond motifs is 1. The first-order chi connectivity index (χ1) is 12.9. The standard InChI is InChI=1S/C16H11BrN4O4S2/c17-11-6-10(21(24)25)5-9(15(11)23)7-18-20-14(22)8-26-16-19-12-3-1-2-4-13(12)27-16/h1-7,23H,8H2,(H,20,22)/b18-7+. The van der Waals surface area contributed by atoms with Crippen molar-refractivity contribution in [3.8, 4) is 5.75 Å². The molecule has 0 unspecified atom stereocenters. The lowest BCUT2D eigenvalue weighted by Gasteiger charge is -2.02. The Morgan fingerprint density at radius 2 is 2.22 bits per heavy atom. The van der Waals surface area contributed by atoms with E-state index in [2.05, 4.69) is 31.4 Å². The molecule has 0 saturated heterocycles. The summed E-state index contributed by atoms with van der Waals surface area (Å²) in [6.45, 7) is 0. The van der Waals surface area contributed by atoms with Crippen LogP contribution < -0.4 is 5.43 Å². The van der Waals surface area contributed by atoms with Gasteiger partial charge in [-0.3, -0.25) is 14.9 Å². The van der Waals surface area contributed by atoms with Gasteiger partial charge in [-0.05, 0) is 28.1 Å². The van der Waals surface area contributed by atoms with Gasteiger partial charge in [-0.25, -0.2) is 10.4 Å². The van der Waals surface area contributed by atoms with Crippen LogP contribution in [0, 0.1) is 10.1 Å². The Bertz CT molecular complexity index is 1020. The number of aromatic nitrogens is 1. The van der Waals surface area contributed by atoms with Crippen molar-refractivity contribution in [2.24, 2.45) is 5.10 Å². The summed E-state index contributed by atoms with van der Waals surface area (Å²) >= 11 is 5.83. The minimum atomic E-state index is -0.589. The summed E-state index contributed by atoms with van der Waals surface area (Å²) < 4.78 is 1.98. The number of aromatic hydroxyl groups is 1. The molecule has 1 heterocycles. The molecule has 27 heavy (non-hydrogen) atoms. The number of nitro benzene ring substituents is 1. The highest BCUT2D eigenvalue weighted by atomic mass is 79.9. The number of halogens is 1. The zero-order valence-corrected chi connectivity index (χ0v) is 16.7. The van der Waals surface area contributed by atoms with Gasteiger partial charge in [-0.1, -0.05) is 23.9 Å². The monoisotopic (exact) mass is 466 g/mol. The minimum Gasteiger partial charge on any atom is -0.506 e. The molecule has 2 aromatic carbocycles. The number of hydrazone groups is 1. The van der Waals surface area contributed by atoms with Crippen LogP contribution in [-0.4, -0.2) is 32.9 Å². The maximum atomic E-state index is 11.9. The SMILES string of the molecule is O=C(CSc1nc2ccccc2s1)N/N=C/c1cc([N+](=O)[O-])cc(Br)c1O. The van der Waals surface area contributed by atoms with Gasteiger partial charge >= 0.3 is 0 Å². The average molecular weight is 467 g/mol. The number of phenolic OH excluding ortho intramolecular Hbond substituents is 1. The van der Waals surface area contributed by atoms with Crippen molar-refractivity contribution >= 4 is 67.1 Å². The van der Waals surface area contributed by atoms with Crippen molar-refractivity contribution in [2.75, 3.05) is 5.75 Å². The number of thiazole rings is 1. The molecule has 0 spiro atoms. The van der Waals surface area contributed by atoms with Crippen molar-refractivity contribution in [1.29, 1.82) is 0 Å². The molecule has 3 rings (SSSR count). The first-order valence-corrected chi connectivity index (χ1v) is 10.0. The molecule has 0 fully saturated rings. The second-order valence-corrected chi connectivity index (χ2v) is 8.26. The first kappa shape index (κ1) is 19.3. The second kappa shape index (κ2) is 8.46. The zero-order chi connectivity index (χ0) is 19.4. The Kier molecular flexibility index (Phi) is 6.04. The van der Waals surface area contributed by atoms with Crippen LogP contribution in [0.4, 0.5) is 5.69 Å². The summed E-state index contributed by atoms with van der Waals surface area (Å²) in [5.74, 6) is -0.455. The van der Waals surface area contributed by atoms with E-state index >= 15 is 0 Å². The molecule has 2 N–H and O–H groups in total. The summed E-state index contributed by atoms with van der Waals surface area (Å²) in [6.07, 6.45) is 1.15. The molecule has 0 bridgehead atoms. The number of nitro groups is 1. The number of thioether (sulfide) groups is 1. The molecule has 8 nitrogen and oxygen atoms in total. The van der Waals surface area contributed by atoms with Gasteiger partial charge in [-0.2, -0.15) is 5.10 Å². The van der Waals surface area contributed by atoms with E-state index in [1.165, 1.54) is 29.2 Å². The van der Waals surface area contributed by atoms with Crippen LogP contribution in [0.1, 0.15) is 5.56 Å². The summed E-state index contributed by atoms with van der Waals surface area (Å²) in [5, 5.41) is 24.5. The number of non-ortho nitro benzene ring substituents is 1. The fraction of sp³-hybridized carbons (Fsp3) is 0.0625. The number of benzene rings is 2. The lowest BCUT2D eigenvalue weighted by atomic mass is 10.2. The molecular weight excluding hydrogens is 456 g/mol. The van der Waals surface area contributed by atoms with E-state index in [4.69, 9.17) is 0 Å². The van der Waals surface area contributed by atoms with Crippen molar-refractivity contribution in [3.63, 3.8) is 0 Å². The number of carbonyl (C=O) groups excluding carboxylic acids is 1. The van der Waals surface area contributed by atoms with Gasteiger partial charge < -0.3 is 5.11 Å². The summed E-state index contributed by atoms with van der Waals surface area (Å²) in [5.41, 5.74) is 3.10. The van der Waals surface area contributed by atoms with Crippen LogP contribution in [0.15, 0.2) is 50.3 Å². The topological polar surface area (TPSA) is 118 Å². The van der Waals surface area contributed by atoms with Crippen LogP contribution in [0.25, 0.3) is 10.2 Å². The maximum absolute atomic E-state index is 11.9. The first-order valence-electron chi connectivity index (χ1n) is 7.41. The van der Waals surface area contributed by atoms with Crippen molar-refractivity contribution in [1.82, 2.24) is 10.4 Å². The van der Waals surface area contributed by atoms with E-state index < -0.39 is 4.92 Å². The van der Waals surface area contributed by atoms with Gasteiger partial charge in [0.05, 0.1) is 31.6 Å². The number of hydrogen-bond acceptors (Lipinski definition) is 8. The Morgan fingerprint density at radius 3 is 2.96 bits per heavy atom. The van der Waals surface area contributed by atoms with Crippen LogP contribution >= 0.6 is 39.0 Å². The summed E-state index contributed by atoms with van der Waals surface area (Å²) in [4.78, 5) is 26.6. The number of nitrogens with one attached hydrogen (secondary N) is 1. The van der Waals surface area contributed by atoms with Crippen molar-refractivity contribution in [3.05, 3.63) is 56.5 Å². The van der Waals surface area contributed by atoms with Crippen LogP contribution in [-0.2, 0) is 4.79 Å². The summed E-state index contributed by atoms with van der Waals surface area (Å²) in [7, 11) is 0. The molecule has 11 heteroatoms. The fourth-order valence-corrected chi connectivity index (χ4v) is 4.38. The molecule has 1 aromatic heterocycles. The molecular formula is C16H11BrN4O4S2. The van der Waals surface area contributed by atoms with Gasteiger partial charge in [0.25, 0.3) is 11.6 Å². The molecule has 0 radical (unpaired) electrons. The highest BCUT2D eigenvalue weighted by Crippen LogP contribution is 2.31. The highest BCUT2D eigenvalue weighted by Gasteiger charge is 2.14. The second-order valence-electron chi connectivity index (χ2n) is 5.15. The average Bonchev–Trinajstić information content (AvgIpc) is 3.06. The number of nitrogens with zero attached hydrogens (tertiary/aromatic N) is 3. The van der Waals surface area contributed by atoms with Gasteiger partial charge in [-0.15, -0.1) is 11.3 Å². The van der Waals surface area contributed by atoms with E-state index in [1.54, 1.807) is 0 Å². The zero-order valence-electron chi connectivity index (χ0n) is 13.5. The predicted octanol–water partition coefficient (Wildman–Crippen LogP) is 3.92. The lowest BCUT2D eigenvalue weighted by Crippen LogP contribution is -2.19. The van der Waals surface area contributed by atoms with Crippen LogP contribution in [0.5, 0.6) is 5.75 Å². The van der Waals surface area contributed by atoms with Crippen molar-refractivity contribution < 1.29 is 14.8 Å². The smallest absolute Gasteiger partial charge is 0.271 e. The fourth-order valence-electron chi connectivity index (χ4n) is 2.06. The number of amides is 1. The van der Waals surface area contributed by atoms with Gasteiger partial charge in [0.2, 0.25) is 0 Å². The summed E-state index contributed by atoms with van der Waals surface area (Å²) in [6, 6.07) is 10.0. The van der Waals surface area contributed by atoms with E-state index in [1.807, 2.05) is 24.3 Å². The predicted molar refractivity (Wildman–Crippen MR) is 109 cm³/mol. The van der Waals surface area contributed by atoms with E-state index in [0.717, 1.165) is 26.8 Å². The quantitative estimate of drug-likeness (QED) is 0.246. The number of hydrogen-bond donors (Lipinski definition) is 2. The molecule has 0 aliphatic rings. The van der Waals surface area contributed by atoms with Gasteiger partial charge in [0.15, 0.2) is 4.34 Å². The number of phenols is 1. The Hall–Kier alpha value is -2.50. The molecule has 3 aromatic rings. The molecule has 138 valence electrons. The van der Waals surface area contributed by atoms with E-state index in [9.17, 15) is 20.0 Å². The molecule has 0 atom stereocenters. The molecule has 0 aliphatic carbocycles. The Labute approximate surface area is 169 Å². The molecule has 0 saturated carbocycles. The number of para-hydroxylation sites is 1. The molecule has 0 aliphatic heterocycles. The largest absolute Gasteiger partial charge is 0.506 e. The third-order valence-corrected chi connectivity index (χ3v) is 6.07. The number of carbonyl (C=O) groups is 1. The van der Waals surface area contributed by atoms with Crippen LogP contribution in [0.3, 0.4) is 0 Å². The third kappa shape index (κ3) is 4.81. The van der Waals surface area contributed by atoms with E-state index in [-0.39, 0.29) is 33.1 Å². The highest BCUT2D eigenvalue weighted by molar-refractivity contribution is 9.10. The van der Waals surface area contributed by atoms with Crippen molar-refractivity contribution in [2.45, 2.75) is 4.34 Å².